The number of benzene rings is 1. The molecule has 1 heterocycles. The Morgan fingerprint density at radius 2 is 2.00 bits per heavy atom. The summed E-state index contributed by atoms with van der Waals surface area (Å²) in [5.41, 5.74) is 1.57. The maximum atomic E-state index is 5.99. The Kier molecular flexibility index (Phi) is 2.08. The Hall–Kier alpha value is -0.860. The highest BCUT2D eigenvalue weighted by molar-refractivity contribution is 5.20. The summed E-state index contributed by atoms with van der Waals surface area (Å²) in [6, 6.07) is 11.1. The summed E-state index contributed by atoms with van der Waals surface area (Å²) in [5.74, 6) is 0. The maximum Gasteiger partial charge on any atom is 0.0919 e. The van der Waals surface area contributed by atoms with Crippen LogP contribution in [0.4, 0.5) is 0 Å². The zero-order valence-electron chi connectivity index (χ0n) is 9.15. The molecule has 15 heavy (non-hydrogen) atoms. The maximum absolute atomic E-state index is 5.99. The lowest BCUT2D eigenvalue weighted by molar-refractivity contribution is -0.215. The van der Waals surface area contributed by atoms with E-state index in [4.69, 9.17) is 4.84 Å². The molecule has 1 atom stereocenters. The van der Waals surface area contributed by atoms with Gasteiger partial charge in [-0.25, -0.2) is 0 Å². The first-order valence-electron chi connectivity index (χ1n) is 5.76. The van der Waals surface area contributed by atoms with Gasteiger partial charge in [0.05, 0.1) is 11.6 Å². The first-order valence-corrected chi connectivity index (χ1v) is 5.76. The summed E-state index contributed by atoms with van der Waals surface area (Å²) in [6.45, 7) is 0. The number of hydrogen-bond donors (Lipinski definition) is 0. The fraction of sp³-hybridized carbons (Fsp3) is 0.538. The van der Waals surface area contributed by atoms with Crippen LogP contribution >= 0.6 is 0 Å². The smallest absolute Gasteiger partial charge is 0.0919 e. The van der Waals surface area contributed by atoms with E-state index in [1.54, 1.807) is 0 Å². The van der Waals surface area contributed by atoms with Crippen molar-refractivity contribution < 1.29 is 4.84 Å². The standard InChI is InChI=1S/C13H17NO/c1-14-12(11-6-3-2-4-7-11)10-13(15-14)8-5-9-13/h2-4,6-7,12H,5,8-10H2,1H3. The van der Waals surface area contributed by atoms with Crippen molar-refractivity contribution in [3.05, 3.63) is 35.9 Å². The van der Waals surface area contributed by atoms with E-state index in [-0.39, 0.29) is 5.60 Å². The molecule has 2 heteroatoms. The molecule has 2 fully saturated rings. The second-order valence-corrected chi connectivity index (χ2v) is 4.80. The average Bonchev–Trinajstić information content (AvgIpc) is 2.57. The van der Waals surface area contributed by atoms with Gasteiger partial charge in [-0.3, -0.25) is 4.84 Å². The van der Waals surface area contributed by atoms with Crippen LogP contribution < -0.4 is 0 Å². The number of rotatable bonds is 1. The normalized spacial score (nSPS) is 29.3. The molecule has 1 spiro atoms. The van der Waals surface area contributed by atoms with E-state index in [2.05, 4.69) is 42.4 Å². The lowest BCUT2D eigenvalue weighted by atomic mass is 9.76. The minimum absolute atomic E-state index is 0.190. The quantitative estimate of drug-likeness (QED) is 0.696. The Morgan fingerprint density at radius 1 is 1.27 bits per heavy atom. The molecule has 80 valence electrons. The van der Waals surface area contributed by atoms with Crippen LogP contribution in [-0.4, -0.2) is 17.7 Å². The van der Waals surface area contributed by atoms with Crippen LogP contribution in [0.15, 0.2) is 30.3 Å². The molecule has 0 N–H and O–H groups in total. The monoisotopic (exact) mass is 203 g/mol. The van der Waals surface area contributed by atoms with Gasteiger partial charge in [0.25, 0.3) is 0 Å². The fourth-order valence-corrected chi connectivity index (χ4v) is 2.76. The van der Waals surface area contributed by atoms with Gasteiger partial charge < -0.3 is 0 Å². The zero-order valence-corrected chi connectivity index (χ0v) is 9.15. The summed E-state index contributed by atoms with van der Waals surface area (Å²) in [6.07, 6.45) is 4.96. The summed E-state index contributed by atoms with van der Waals surface area (Å²) in [5, 5.41) is 2.05. The predicted molar refractivity (Wildman–Crippen MR) is 59.2 cm³/mol. The molecule has 0 bridgehead atoms. The van der Waals surface area contributed by atoms with E-state index in [0.29, 0.717) is 6.04 Å². The predicted octanol–water partition coefficient (Wildman–Crippen LogP) is 2.92. The first kappa shape index (κ1) is 9.37. The van der Waals surface area contributed by atoms with Crippen molar-refractivity contribution in [3.8, 4) is 0 Å². The number of nitrogens with zero attached hydrogens (tertiary/aromatic N) is 1. The fourth-order valence-electron chi connectivity index (χ4n) is 2.76. The molecule has 1 aliphatic heterocycles. The topological polar surface area (TPSA) is 12.5 Å². The van der Waals surface area contributed by atoms with E-state index < -0.39 is 0 Å². The summed E-state index contributed by atoms with van der Waals surface area (Å²) in [4.78, 5) is 5.99. The van der Waals surface area contributed by atoms with Gasteiger partial charge in [-0.05, 0) is 24.8 Å². The summed E-state index contributed by atoms with van der Waals surface area (Å²) < 4.78 is 0. The van der Waals surface area contributed by atoms with Crippen LogP contribution in [0.2, 0.25) is 0 Å². The molecule has 1 aliphatic carbocycles. The Labute approximate surface area is 90.8 Å². The van der Waals surface area contributed by atoms with Gasteiger partial charge in [-0.15, -0.1) is 0 Å². The number of hydrogen-bond acceptors (Lipinski definition) is 2. The van der Waals surface area contributed by atoms with Crippen molar-refractivity contribution in [3.63, 3.8) is 0 Å². The minimum Gasteiger partial charge on any atom is -0.292 e. The van der Waals surface area contributed by atoms with E-state index >= 15 is 0 Å². The van der Waals surface area contributed by atoms with Crippen molar-refractivity contribution >= 4 is 0 Å². The highest BCUT2D eigenvalue weighted by Gasteiger charge is 2.48. The van der Waals surface area contributed by atoms with Gasteiger partial charge in [0.2, 0.25) is 0 Å². The van der Waals surface area contributed by atoms with Crippen molar-refractivity contribution in [1.82, 2.24) is 5.06 Å². The molecule has 2 nitrogen and oxygen atoms in total. The van der Waals surface area contributed by atoms with Crippen LogP contribution in [0.5, 0.6) is 0 Å². The highest BCUT2D eigenvalue weighted by Crippen LogP contribution is 2.49. The second-order valence-electron chi connectivity index (χ2n) is 4.80. The lowest BCUT2D eigenvalue weighted by Gasteiger charge is -2.36. The van der Waals surface area contributed by atoms with E-state index in [0.717, 1.165) is 6.42 Å². The molecule has 1 aromatic carbocycles. The minimum atomic E-state index is 0.190. The molecule has 0 amide bonds. The third-order valence-electron chi connectivity index (χ3n) is 3.79. The zero-order chi connectivity index (χ0) is 10.3. The second kappa shape index (κ2) is 3.32. The Morgan fingerprint density at radius 3 is 2.53 bits per heavy atom. The highest BCUT2D eigenvalue weighted by atomic mass is 16.7. The Balaban J connectivity index is 1.83. The molecular formula is C13H17NO. The molecule has 2 aliphatic rings. The van der Waals surface area contributed by atoms with Crippen LogP contribution in [0.25, 0.3) is 0 Å². The third-order valence-corrected chi connectivity index (χ3v) is 3.79. The molecule has 1 unspecified atom stereocenters. The van der Waals surface area contributed by atoms with Crippen LogP contribution in [0, 0.1) is 0 Å². The average molecular weight is 203 g/mol. The van der Waals surface area contributed by atoms with E-state index in [1.165, 1.54) is 24.8 Å². The van der Waals surface area contributed by atoms with Gasteiger partial charge in [0, 0.05) is 13.5 Å². The van der Waals surface area contributed by atoms with Gasteiger partial charge >= 0.3 is 0 Å². The van der Waals surface area contributed by atoms with Gasteiger partial charge in [0.15, 0.2) is 0 Å². The summed E-state index contributed by atoms with van der Waals surface area (Å²) >= 11 is 0. The largest absolute Gasteiger partial charge is 0.292 e. The molecular weight excluding hydrogens is 186 g/mol. The molecule has 0 aromatic heterocycles. The molecule has 1 saturated heterocycles. The van der Waals surface area contributed by atoms with Gasteiger partial charge in [-0.1, -0.05) is 30.3 Å². The molecule has 1 aromatic rings. The molecule has 1 saturated carbocycles. The molecule has 0 radical (unpaired) electrons. The van der Waals surface area contributed by atoms with Crippen LogP contribution in [0.3, 0.4) is 0 Å². The summed E-state index contributed by atoms with van der Waals surface area (Å²) in [7, 11) is 2.06. The number of hydroxylamine groups is 2. The lowest BCUT2D eigenvalue weighted by Crippen LogP contribution is -2.37. The SMILES string of the molecule is CN1OC2(CCC2)CC1c1ccccc1. The first-order chi connectivity index (χ1) is 7.29. The van der Waals surface area contributed by atoms with Crippen LogP contribution in [-0.2, 0) is 4.84 Å². The Bertz CT molecular complexity index is 345. The van der Waals surface area contributed by atoms with Crippen molar-refractivity contribution in [2.45, 2.75) is 37.3 Å². The van der Waals surface area contributed by atoms with Crippen molar-refractivity contribution in [2.24, 2.45) is 0 Å². The molecule has 3 rings (SSSR count). The third kappa shape index (κ3) is 1.48. The van der Waals surface area contributed by atoms with Crippen molar-refractivity contribution in [1.29, 1.82) is 0 Å². The van der Waals surface area contributed by atoms with E-state index in [1.807, 2.05) is 0 Å². The van der Waals surface area contributed by atoms with Crippen LogP contribution in [0.1, 0.15) is 37.3 Å². The van der Waals surface area contributed by atoms with E-state index in [9.17, 15) is 0 Å². The van der Waals surface area contributed by atoms with Crippen molar-refractivity contribution in [2.75, 3.05) is 7.05 Å². The van der Waals surface area contributed by atoms with Gasteiger partial charge in [0.1, 0.15) is 0 Å². The van der Waals surface area contributed by atoms with Gasteiger partial charge in [-0.2, -0.15) is 5.06 Å².